The number of esters is 1. The summed E-state index contributed by atoms with van der Waals surface area (Å²) in [6.45, 7) is 1.29. The van der Waals surface area contributed by atoms with E-state index in [1.165, 1.54) is 19.1 Å². The number of nitrogens with one attached hydrogen (secondary N) is 2. The van der Waals surface area contributed by atoms with Gasteiger partial charge in [-0.1, -0.05) is 52.3 Å². The number of anilines is 2. The maximum Gasteiger partial charge on any atom is 0.308 e. The number of rotatable bonds is 6. The van der Waals surface area contributed by atoms with Crippen LogP contribution in [0.15, 0.2) is 83.3 Å². The van der Waals surface area contributed by atoms with Crippen molar-refractivity contribution in [3.63, 3.8) is 0 Å². The number of para-hydroxylation sites is 2. The summed E-state index contributed by atoms with van der Waals surface area (Å²) in [6, 6.07) is 20.7. The third kappa shape index (κ3) is 6.38. The Labute approximate surface area is 188 Å². The Hall–Kier alpha value is -3.71. The van der Waals surface area contributed by atoms with E-state index in [1.54, 1.807) is 48.5 Å². The van der Waals surface area contributed by atoms with Crippen molar-refractivity contribution in [3.05, 3.63) is 94.5 Å². The van der Waals surface area contributed by atoms with Gasteiger partial charge in [0.05, 0.1) is 11.4 Å². The summed E-state index contributed by atoms with van der Waals surface area (Å²) in [5.41, 5.74) is 2.07. The molecule has 0 fully saturated rings. The van der Waals surface area contributed by atoms with Gasteiger partial charge in [0.25, 0.3) is 5.91 Å². The third-order valence-electron chi connectivity index (χ3n) is 4.11. The molecular weight excluding hydrogens is 460 g/mol. The molecular formula is C24H19BrN2O4. The molecule has 0 saturated heterocycles. The lowest BCUT2D eigenvalue weighted by Gasteiger charge is -2.12. The molecule has 0 atom stereocenters. The zero-order valence-electron chi connectivity index (χ0n) is 16.6. The van der Waals surface area contributed by atoms with E-state index in [0.717, 1.165) is 10.0 Å². The smallest absolute Gasteiger partial charge is 0.308 e. The van der Waals surface area contributed by atoms with Crippen molar-refractivity contribution in [1.82, 2.24) is 0 Å². The van der Waals surface area contributed by atoms with Crippen LogP contribution in [0.1, 0.15) is 22.8 Å². The Morgan fingerprint density at radius 3 is 2.26 bits per heavy atom. The van der Waals surface area contributed by atoms with Crippen LogP contribution in [0.5, 0.6) is 5.75 Å². The highest BCUT2D eigenvalue weighted by molar-refractivity contribution is 9.10. The topological polar surface area (TPSA) is 84.5 Å². The van der Waals surface area contributed by atoms with Crippen LogP contribution in [-0.4, -0.2) is 17.8 Å². The van der Waals surface area contributed by atoms with E-state index in [2.05, 4.69) is 26.6 Å². The van der Waals surface area contributed by atoms with Gasteiger partial charge >= 0.3 is 5.97 Å². The molecule has 0 aliphatic heterocycles. The Morgan fingerprint density at radius 1 is 0.871 bits per heavy atom. The lowest BCUT2D eigenvalue weighted by Crippen LogP contribution is -2.15. The highest BCUT2D eigenvalue weighted by atomic mass is 79.9. The Morgan fingerprint density at radius 2 is 1.55 bits per heavy atom. The first kappa shape index (κ1) is 22.0. The van der Waals surface area contributed by atoms with Gasteiger partial charge in [-0.25, -0.2) is 0 Å². The van der Waals surface area contributed by atoms with Crippen LogP contribution in [-0.2, 0) is 9.59 Å². The van der Waals surface area contributed by atoms with Gasteiger partial charge in [0.1, 0.15) is 5.75 Å². The van der Waals surface area contributed by atoms with Crippen molar-refractivity contribution >= 4 is 51.2 Å². The molecule has 0 bridgehead atoms. The van der Waals surface area contributed by atoms with E-state index in [1.807, 2.05) is 24.3 Å². The van der Waals surface area contributed by atoms with Crippen molar-refractivity contribution in [2.45, 2.75) is 6.92 Å². The van der Waals surface area contributed by atoms with Crippen LogP contribution >= 0.6 is 15.9 Å². The second-order valence-corrected chi connectivity index (χ2v) is 7.32. The zero-order chi connectivity index (χ0) is 22.2. The van der Waals surface area contributed by atoms with E-state index in [0.29, 0.717) is 16.9 Å². The molecule has 3 aromatic rings. The highest BCUT2D eigenvalue weighted by Gasteiger charge is 2.11. The summed E-state index contributed by atoms with van der Waals surface area (Å²) in [7, 11) is 0. The van der Waals surface area contributed by atoms with Crippen molar-refractivity contribution in [1.29, 1.82) is 0 Å². The fraction of sp³-hybridized carbons (Fsp3) is 0.0417. The average molecular weight is 479 g/mol. The molecule has 3 rings (SSSR count). The normalized spacial score (nSPS) is 10.5. The Balaban J connectivity index is 1.72. The quantitative estimate of drug-likeness (QED) is 0.286. The van der Waals surface area contributed by atoms with E-state index in [4.69, 9.17) is 4.74 Å². The first-order valence-electron chi connectivity index (χ1n) is 9.35. The summed E-state index contributed by atoms with van der Waals surface area (Å²) < 4.78 is 5.89. The molecule has 0 aliphatic rings. The lowest BCUT2D eigenvalue weighted by molar-refractivity contribution is -0.131. The van der Waals surface area contributed by atoms with Crippen LogP contribution < -0.4 is 15.4 Å². The van der Waals surface area contributed by atoms with Crippen molar-refractivity contribution in [3.8, 4) is 5.75 Å². The molecule has 0 saturated carbocycles. The molecule has 2 N–H and O–H groups in total. The largest absolute Gasteiger partial charge is 0.427 e. The monoisotopic (exact) mass is 478 g/mol. The maximum atomic E-state index is 12.7. The molecule has 0 radical (unpaired) electrons. The predicted octanol–water partition coefficient (Wildman–Crippen LogP) is 5.28. The lowest BCUT2D eigenvalue weighted by atomic mass is 10.2. The SMILES string of the molecule is CC(=O)Oc1cccc(C(=O)Nc2ccccc2NC(=O)/C=C/c2ccccc2Br)c1. The fourth-order valence-electron chi connectivity index (χ4n) is 2.71. The van der Waals surface area contributed by atoms with Gasteiger partial charge < -0.3 is 15.4 Å². The third-order valence-corrected chi connectivity index (χ3v) is 4.83. The van der Waals surface area contributed by atoms with Crippen LogP contribution in [0.25, 0.3) is 6.08 Å². The van der Waals surface area contributed by atoms with Gasteiger partial charge in [0.15, 0.2) is 0 Å². The minimum absolute atomic E-state index is 0.277. The average Bonchev–Trinajstić information content (AvgIpc) is 2.74. The van der Waals surface area contributed by atoms with Gasteiger partial charge in [-0.2, -0.15) is 0 Å². The number of ether oxygens (including phenoxy) is 1. The number of carbonyl (C=O) groups is 3. The van der Waals surface area contributed by atoms with Gasteiger partial charge in [0, 0.05) is 23.0 Å². The van der Waals surface area contributed by atoms with Crippen LogP contribution in [0.3, 0.4) is 0 Å². The predicted molar refractivity (Wildman–Crippen MR) is 124 cm³/mol. The molecule has 0 aromatic heterocycles. The van der Waals surface area contributed by atoms with Crippen molar-refractivity contribution in [2.75, 3.05) is 10.6 Å². The van der Waals surface area contributed by atoms with Gasteiger partial charge in [-0.15, -0.1) is 0 Å². The molecule has 6 nitrogen and oxygen atoms in total. The Kier molecular flexibility index (Phi) is 7.35. The number of hydrogen-bond acceptors (Lipinski definition) is 4. The summed E-state index contributed by atoms with van der Waals surface area (Å²) in [4.78, 5) is 36.2. The van der Waals surface area contributed by atoms with E-state index < -0.39 is 11.9 Å². The number of carbonyl (C=O) groups excluding carboxylic acids is 3. The van der Waals surface area contributed by atoms with E-state index >= 15 is 0 Å². The summed E-state index contributed by atoms with van der Waals surface area (Å²) >= 11 is 3.43. The highest BCUT2D eigenvalue weighted by Crippen LogP contribution is 2.23. The molecule has 0 aliphatic carbocycles. The van der Waals surface area contributed by atoms with Crippen LogP contribution in [0, 0.1) is 0 Å². The summed E-state index contributed by atoms with van der Waals surface area (Å²) in [6.07, 6.45) is 3.11. The van der Waals surface area contributed by atoms with Gasteiger partial charge in [0.2, 0.25) is 5.91 Å². The molecule has 3 aromatic carbocycles. The second-order valence-electron chi connectivity index (χ2n) is 6.47. The molecule has 2 amide bonds. The summed E-state index contributed by atoms with van der Waals surface area (Å²) in [5.74, 6) is -0.936. The van der Waals surface area contributed by atoms with Gasteiger partial charge in [-0.3, -0.25) is 14.4 Å². The number of halogens is 1. The molecule has 156 valence electrons. The first-order valence-corrected chi connectivity index (χ1v) is 10.1. The fourth-order valence-corrected chi connectivity index (χ4v) is 3.13. The Bertz CT molecular complexity index is 1160. The molecule has 0 heterocycles. The summed E-state index contributed by atoms with van der Waals surface area (Å²) in [5, 5.41) is 5.54. The van der Waals surface area contributed by atoms with E-state index in [9.17, 15) is 14.4 Å². The maximum absolute atomic E-state index is 12.7. The van der Waals surface area contributed by atoms with Crippen LogP contribution in [0.2, 0.25) is 0 Å². The first-order chi connectivity index (χ1) is 14.9. The second kappa shape index (κ2) is 10.4. The zero-order valence-corrected chi connectivity index (χ0v) is 18.2. The number of benzene rings is 3. The standard InChI is InChI=1S/C24H19BrN2O4/c1-16(28)31-19-9-6-8-18(15-19)24(30)27-22-12-5-4-11-21(22)26-23(29)14-13-17-7-2-3-10-20(17)25/h2-15H,1H3,(H,26,29)(H,27,30)/b14-13+. The minimum atomic E-state index is -0.471. The van der Waals surface area contributed by atoms with Crippen molar-refractivity contribution in [2.24, 2.45) is 0 Å². The molecule has 0 unspecified atom stereocenters. The number of amides is 2. The van der Waals surface area contributed by atoms with Crippen LogP contribution in [0.4, 0.5) is 11.4 Å². The molecule has 0 spiro atoms. The molecule has 31 heavy (non-hydrogen) atoms. The minimum Gasteiger partial charge on any atom is -0.427 e. The van der Waals surface area contributed by atoms with E-state index in [-0.39, 0.29) is 11.7 Å². The number of hydrogen-bond donors (Lipinski definition) is 2. The van der Waals surface area contributed by atoms with Gasteiger partial charge in [-0.05, 0) is 48.0 Å². The van der Waals surface area contributed by atoms with Crippen molar-refractivity contribution < 1.29 is 19.1 Å². The molecule has 7 heteroatoms.